The summed E-state index contributed by atoms with van der Waals surface area (Å²) in [5.41, 5.74) is 2.54. The molecule has 1 nitrogen and oxygen atoms in total. The summed E-state index contributed by atoms with van der Waals surface area (Å²) in [6.07, 6.45) is 17.0. The zero-order chi connectivity index (χ0) is 11.2. The molecule has 0 unspecified atom stereocenters. The molecule has 16 heavy (non-hydrogen) atoms. The van der Waals surface area contributed by atoms with Crippen LogP contribution >= 0.6 is 0 Å². The summed E-state index contributed by atoms with van der Waals surface area (Å²) in [7, 11) is 0. The van der Waals surface area contributed by atoms with Crippen molar-refractivity contribution in [2.45, 2.75) is 6.42 Å². The van der Waals surface area contributed by atoms with E-state index in [4.69, 9.17) is 0 Å². The molecule has 0 aromatic carbocycles. The van der Waals surface area contributed by atoms with E-state index >= 15 is 0 Å². The van der Waals surface area contributed by atoms with Crippen molar-refractivity contribution in [1.82, 2.24) is 4.98 Å². The summed E-state index contributed by atoms with van der Waals surface area (Å²) in [4.78, 5) is 3.93. The first-order chi connectivity index (χ1) is 7.86. The fourth-order valence-corrected chi connectivity index (χ4v) is 1.56. The molecule has 0 spiro atoms. The van der Waals surface area contributed by atoms with Gasteiger partial charge in [0.25, 0.3) is 0 Å². The fourth-order valence-electron chi connectivity index (χ4n) is 1.34. The molecule has 0 amide bonds. The minimum atomic E-state index is 1.03. The molecule has 0 atom stereocenters. The van der Waals surface area contributed by atoms with Gasteiger partial charge in [-0.15, -0.1) is 0 Å². The molecule has 3 rings (SSSR count). The number of aromatic nitrogens is 1. The molecule has 1 aromatic heterocycles. The SMILES string of the molecule is C1=CC(c2ccncc2)=C1.[Co][C]1=CC=CC1. The summed E-state index contributed by atoms with van der Waals surface area (Å²) >= 11 is 4.14. The number of hydrogen-bond acceptors (Lipinski definition) is 1. The van der Waals surface area contributed by atoms with Crippen LogP contribution in [0.4, 0.5) is 0 Å². The Hall–Kier alpha value is -1.38. The van der Waals surface area contributed by atoms with E-state index in [0.29, 0.717) is 0 Å². The van der Waals surface area contributed by atoms with E-state index in [-0.39, 0.29) is 0 Å². The molecular formula is C14H12CoN. The van der Waals surface area contributed by atoms with E-state index in [2.05, 4.69) is 38.9 Å². The van der Waals surface area contributed by atoms with Gasteiger partial charge < -0.3 is 0 Å². The van der Waals surface area contributed by atoms with Gasteiger partial charge in [-0.1, -0.05) is 18.2 Å². The molecule has 0 fully saturated rings. The second-order valence-electron chi connectivity index (χ2n) is 3.43. The van der Waals surface area contributed by atoms with Crippen LogP contribution in [-0.2, 0) is 15.7 Å². The Kier molecular flexibility index (Phi) is 3.91. The molecule has 0 aliphatic heterocycles. The first-order valence-electron chi connectivity index (χ1n) is 5.14. The van der Waals surface area contributed by atoms with Crippen molar-refractivity contribution >= 4 is 5.57 Å². The molecule has 0 bridgehead atoms. The van der Waals surface area contributed by atoms with E-state index < -0.39 is 0 Å². The Morgan fingerprint density at radius 3 is 2.19 bits per heavy atom. The first-order valence-corrected chi connectivity index (χ1v) is 5.66. The molecule has 2 aliphatic carbocycles. The third-order valence-electron chi connectivity index (χ3n) is 2.27. The van der Waals surface area contributed by atoms with Crippen LogP contribution in [0.1, 0.15) is 12.0 Å². The number of nitrogens with zero attached hydrogens (tertiary/aromatic N) is 1. The van der Waals surface area contributed by atoms with E-state index in [1.165, 1.54) is 11.1 Å². The monoisotopic (exact) mass is 253 g/mol. The van der Waals surface area contributed by atoms with Gasteiger partial charge in [0.1, 0.15) is 0 Å². The van der Waals surface area contributed by atoms with Gasteiger partial charge >= 0.3 is 44.9 Å². The summed E-state index contributed by atoms with van der Waals surface area (Å²) in [6, 6.07) is 4.02. The van der Waals surface area contributed by atoms with Gasteiger partial charge in [0, 0.05) is 12.4 Å². The number of allylic oxidation sites excluding steroid dienone is 8. The maximum absolute atomic E-state index is 4.14. The van der Waals surface area contributed by atoms with Gasteiger partial charge in [0.15, 0.2) is 0 Å². The standard InChI is InChI=1S/C9H7N.C5H5.Co/c1-2-8(3-1)9-4-6-10-7-5-9;1-2-4-5-3-1;/h1-7H;1-3H,4H2;. The first kappa shape index (κ1) is 11.1. The van der Waals surface area contributed by atoms with Crippen LogP contribution in [-0.4, -0.2) is 4.98 Å². The Morgan fingerprint density at radius 2 is 1.81 bits per heavy atom. The van der Waals surface area contributed by atoms with Gasteiger partial charge in [0.05, 0.1) is 0 Å². The van der Waals surface area contributed by atoms with Crippen LogP contribution in [0.3, 0.4) is 0 Å². The van der Waals surface area contributed by atoms with Crippen LogP contribution in [0.5, 0.6) is 0 Å². The maximum atomic E-state index is 4.14. The second kappa shape index (κ2) is 5.63. The normalized spacial score (nSPS) is 15.9. The predicted octanol–water partition coefficient (Wildman–Crippen LogP) is 3.41. The molecule has 2 heteroatoms. The minimum absolute atomic E-state index is 1.03. The molecule has 2 aliphatic rings. The quantitative estimate of drug-likeness (QED) is 0.747. The average Bonchev–Trinajstić information content (AvgIpc) is 2.69. The summed E-state index contributed by atoms with van der Waals surface area (Å²) < 4.78 is 1.16. The van der Waals surface area contributed by atoms with Crippen molar-refractivity contribution in [3.63, 3.8) is 0 Å². The third kappa shape index (κ3) is 3.05. The van der Waals surface area contributed by atoms with E-state index in [1.807, 2.05) is 42.8 Å². The molecule has 0 N–H and O–H groups in total. The summed E-state index contributed by atoms with van der Waals surface area (Å²) in [5.74, 6) is 0. The summed E-state index contributed by atoms with van der Waals surface area (Å²) in [5, 5.41) is 0. The van der Waals surface area contributed by atoms with Crippen molar-refractivity contribution in [3.8, 4) is 0 Å². The number of hydrogen-bond donors (Lipinski definition) is 0. The molecule has 82 valence electrons. The second-order valence-corrected chi connectivity index (χ2v) is 4.10. The van der Waals surface area contributed by atoms with Crippen molar-refractivity contribution in [2.24, 2.45) is 0 Å². The average molecular weight is 253 g/mol. The van der Waals surface area contributed by atoms with Crippen molar-refractivity contribution in [3.05, 3.63) is 71.1 Å². The predicted molar refractivity (Wildman–Crippen MR) is 63.2 cm³/mol. The van der Waals surface area contributed by atoms with Crippen molar-refractivity contribution in [2.75, 3.05) is 0 Å². The molecular weight excluding hydrogens is 241 g/mol. The number of rotatable bonds is 1. The van der Waals surface area contributed by atoms with Crippen LogP contribution < -0.4 is 0 Å². The fraction of sp³-hybridized carbons (Fsp3) is 0.0714. The topological polar surface area (TPSA) is 12.9 Å². The molecule has 0 saturated heterocycles. The molecule has 0 radical (unpaired) electrons. The van der Waals surface area contributed by atoms with Crippen LogP contribution in [0.25, 0.3) is 5.57 Å². The van der Waals surface area contributed by atoms with E-state index in [1.54, 1.807) is 0 Å². The third-order valence-corrected chi connectivity index (χ3v) is 2.66. The molecule has 1 aromatic rings. The van der Waals surface area contributed by atoms with Gasteiger partial charge in [-0.3, -0.25) is 4.98 Å². The van der Waals surface area contributed by atoms with E-state index in [9.17, 15) is 0 Å². The van der Waals surface area contributed by atoms with Crippen LogP contribution in [0, 0.1) is 0 Å². The Balaban J connectivity index is 0.000000138. The van der Waals surface area contributed by atoms with E-state index in [0.717, 1.165) is 10.9 Å². The zero-order valence-electron chi connectivity index (χ0n) is 8.76. The Bertz CT molecular complexity index is 467. The van der Waals surface area contributed by atoms with Gasteiger partial charge in [-0.25, -0.2) is 0 Å². The van der Waals surface area contributed by atoms with Gasteiger partial charge in [-0.2, -0.15) is 0 Å². The Morgan fingerprint density at radius 1 is 1.06 bits per heavy atom. The zero-order valence-corrected chi connectivity index (χ0v) is 9.80. The van der Waals surface area contributed by atoms with Crippen LogP contribution in [0.2, 0.25) is 0 Å². The Labute approximate surface area is 104 Å². The molecule has 1 heterocycles. The van der Waals surface area contributed by atoms with Gasteiger partial charge in [0.2, 0.25) is 0 Å². The summed E-state index contributed by atoms with van der Waals surface area (Å²) in [6.45, 7) is 0. The van der Waals surface area contributed by atoms with Crippen molar-refractivity contribution < 1.29 is 15.7 Å². The van der Waals surface area contributed by atoms with Crippen LogP contribution in [0.15, 0.2) is 65.5 Å². The van der Waals surface area contributed by atoms with Crippen molar-refractivity contribution in [1.29, 1.82) is 0 Å². The molecule has 0 saturated carbocycles. The van der Waals surface area contributed by atoms with Gasteiger partial charge in [-0.05, 0) is 23.3 Å². The number of pyridine rings is 1.